The van der Waals surface area contributed by atoms with E-state index in [1.807, 2.05) is 0 Å². The first kappa shape index (κ1) is 14.7. The molecule has 4 aliphatic carbocycles. The second-order valence-electron chi connectivity index (χ2n) is 8.94. The zero-order valence-electron chi connectivity index (χ0n) is 14.4. The molecule has 1 saturated carbocycles. The van der Waals surface area contributed by atoms with Crippen molar-refractivity contribution in [2.24, 2.45) is 11.3 Å². The van der Waals surface area contributed by atoms with Gasteiger partial charge in [0.2, 0.25) is 5.78 Å². The summed E-state index contributed by atoms with van der Waals surface area (Å²) in [4.78, 5) is 13.4. The van der Waals surface area contributed by atoms with Crippen LogP contribution < -0.4 is 0 Å². The Labute approximate surface area is 145 Å². The SMILES string of the molecule is C[C@]12CCC3=C(C(=O)c4occ5c4[C@]3(C)[C@H]3O[C@H]3[C@@H]5O)[C@@H]1CC[C@@H]2O. The molecular formula is C20H22O5. The first-order chi connectivity index (χ1) is 11.9. The highest BCUT2D eigenvalue weighted by molar-refractivity contribution is 6.11. The van der Waals surface area contributed by atoms with Crippen molar-refractivity contribution >= 4 is 5.78 Å². The third-order valence-electron chi connectivity index (χ3n) is 8.01. The van der Waals surface area contributed by atoms with Gasteiger partial charge in [0.05, 0.1) is 12.4 Å². The summed E-state index contributed by atoms with van der Waals surface area (Å²) in [5.74, 6) is 0.432. The van der Waals surface area contributed by atoms with Crippen molar-refractivity contribution in [2.75, 3.05) is 0 Å². The third-order valence-corrected chi connectivity index (χ3v) is 8.01. The van der Waals surface area contributed by atoms with Crippen LogP contribution >= 0.6 is 0 Å². The van der Waals surface area contributed by atoms with E-state index in [1.165, 1.54) is 5.57 Å². The molecule has 1 saturated heterocycles. The fourth-order valence-electron chi connectivity index (χ4n) is 6.49. The zero-order chi connectivity index (χ0) is 17.3. The van der Waals surface area contributed by atoms with E-state index in [0.29, 0.717) is 5.76 Å². The van der Waals surface area contributed by atoms with Gasteiger partial charge in [-0.3, -0.25) is 4.79 Å². The molecule has 1 aliphatic heterocycles. The maximum absolute atomic E-state index is 13.4. The van der Waals surface area contributed by atoms with Gasteiger partial charge >= 0.3 is 0 Å². The van der Waals surface area contributed by atoms with E-state index < -0.39 is 6.10 Å². The summed E-state index contributed by atoms with van der Waals surface area (Å²) >= 11 is 0. The normalized spacial score (nSPS) is 49.4. The van der Waals surface area contributed by atoms with E-state index in [2.05, 4.69) is 13.8 Å². The predicted octanol–water partition coefficient (Wildman–Crippen LogP) is 2.42. The lowest BCUT2D eigenvalue weighted by atomic mass is 9.54. The van der Waals surface area contributed by atoms with Gasteiger partial charge in [-0.1, -0.05) is 6.92 Å². The summed E-state index contributed by atoms with van der Waals surface area (Å²) in [6, 6.07) is 0. The Morgan fingerprint density at radius 1 is 1.24 bits per heavy atom. The van der Waals surface area contributed by atoms with Gasteiger partial charge in [0.25, 0.3) is 0 Å². The molecule has 1 aromatic rings. The molecule has 1 aromatic heterocycles. The number of rotatable bonds is 0. The molecule has 0 amide bonds. The Bertz CT molecular complexity index is 865. The molecule has 0 unspecified atom stereocenters. The average Bonchev–Trinajstić information content (AvgIpc) is 3.19. The van der Waals surface area contributed by atoms with Crippen molar-refractivity contribution < 1.29 is 24.2 Å². The zero-order valence-corrected chi connectivity index (χ0v) is 14.4. The lowest BCUT2D eigenvalue weighted by Gasteiger charge is -2.48. The number of ether oxygens (including phenoxy) is 1. The molecule has 0 aromatic carbocycles. The van der Waals surface area contributed by atoms with Crippen LogP contribution in [0.3, 0.4) is 0 Å². The lowest BCUT2D eigenvalue weighted by Crippen LogP contribution is -2.48. The molecule has 0 spiro atoms. The summed E-state index contributed by atoms with van der Waals surface area (Å²) in [6.07, 6.45) is 3.49. The van der Waals surface area contributed by atoms with Crippen LogP contribution in [0.25, 0.3) is 0 Å². The maximum atomic E-state index is 13.4. The number of aliphatic hydroxyl groups excluding tert-OH is 2. The van der Waals surface area contributed by atoms with Crippen LogP contribution in [-0.2, 0) is 10.2 Å². The van der Waals surface area contributed by atoms with E-state index in [1.54, 1.807) is 6.26 Å². The van der Waals surface area contributed by atoms with Gasteiger partial charge in [-0.05, 0) is 44.1 Å². The Hall–Kier alpha value is -1.43. The highest BCUT2D eigenvalue weighted by Gasteiger charge is 2.68. The number of furan rings is 1. The smallest absolute Gasteiger partial charge is 0.224 e. The summed E-state index contributed by atoms with van der Waals surface area (Å²) in [6.45, 7) is 4.27. The average molecular weight is 342 g/mol. The predicted molar refractivity (Wildman–Crippen MR) is 87.1 cm³/mol. The number of Topliss-reactive ketones (excluding diaryl/α,β-unsaturated/α-hetero) is 1. The largest absolute Gasteiger partial charge is 0.460 e. The fraction of sp³-hybridized carbons (Fsp3) is 0.650. The standard InChI is InChI=1S/C20H22O5/c1-19-6-5-10-12(9(19)3-4-11(19)21)15(23)16-13-8(7-24-16)14(22)17-18(25-17)20(10,13)2/h7,9,11,14,17-18,21-22H,3-6H2,1-2H3/t9-,11-,14+,17-,18-,19-,20+/m0/s1. The van der Waals surface area contributed by atoms with Gasteiger partial charge in [0.1, 0.15) is 18.3 Å². The molecule has 7 atom stereocenters. The van der Waals surface area contributed by atoms with Crippen molar-refractivity contribution in [1.82, 2.24) is 0 Å². The minimum absolute atomic E-state index is 0.0370. The molecule has 0 radical (unpaired) electrons. The van der Waals surface area contributed by atoms with Crippen molar-refractivity contribution in [1.29, 1.82) is 0 Å². The minimum Gasteiger partial charge on any atom is -0.460 e. The molecule has 2 N–H and O–H groups in total. The van der Waals surface area contributed by atoms with Crippen LogP contribution in [0.15, 0.2) is 21.8 Å². The molecule has 6 rings (SSSR count). The Morgan fingerprint density at radius 2 is 2.04 bits per heavy atom. The number of hydrogen-bond donors (Lipinski definition) is 2. The van der Waals surface area contributed by atoms with E-state index in [-0.39, 0.29) is 40.8 Å². The summed E-state index contributed by atoms with van der Waals surface area (Å²) < 4.78 is 11.6. The molecule has 5 nitrogen and oxygen atoms in total. The van der Waals surface area contributed by atoms with E-state index in [9.17, 15) is 15.0 Å². The molecule has 5 heteroatoms. The lowest BCUT2D eigenvalue weighted by molar-refractivity contribution is 0.0325. The molecule has 2 fully saturated rings. The maximum Gasteiger partial charge on any atom is 0.224 e. The van der Waals surface area contributed by atoms with Crippen molar-refractivity contribution in [2.45, 2.75) is 69.4 Å². The van der Waals surface area contributed by atoms with E-state index in [4.69, 9.17) is 9.15 Å². The van der Waals surface area contributed by atoms with Crippen LogP contribution in [0.1, 0.15) is 67.3 Å². The second-order valence-corrected chi connectivity index (χ2v) is 8.94. The number of hydrogen-bond acceptors (Lipinski definition) is 5. The molecule has 0 bridgehead atoms. The van der Waals surface area contributed by atoms with Crippen LogP contribution in [0.5, 0.6) is 0 Å². The van der Waals surface area contributed by atoms with Crippen LogP contribution in [0, 0.1) is 11.3 Å². The summed E-state index contributed by atoms with van der Waals surface area (Å²) in [7, 11) is 0. The van der Waals surface area contributed by atoms with Crippen LogP contribution in [0.2, 0.25) is 0 Å². The molecule has 5 aliphatic rings. The van der Waals surface area contributed by atoms with Gasteiger partial charge in [0.15, 0.2) is 5.76 Å². The number of fused-ring (bicyclic) bond motifs is 5. The monoisotopic (exact) mass is 342 g/mol. The third kappa shape index (κ3) is 1.40. The first-order valence-corrected chi connectivity index (χ1v) is 9.30. The van der Waals surface area contributed by atoms with Crippen LogP contribution in [0.4, 0.5) is 0 Å². The van der Waals surface area contributed by atoms with Gasteiger partial charge in [0, 0.05) is 27.5 Å². The molecule has 2 heterocycles. The molecular weight excluding hydrogens is 320 g/mol. The number of carbonyl (C=O) groups is 1. The van der Waals surface area contributed by atoms with Crippen molar-refractivity contribution in [3.63, 3.8) is 0 Å². The Kier molecular flexibility index (Phi) is 2.42. The number of carbonyl (C=O) groups excluding carboxylic acids is 1. The minimum atomic E-state index is -0.706. The fourth-order valence-corrected chi connectivity index (χ4v) is 6.49. The summed E-state index contributed by atoms with van der Waals surface area (Å²) in [5.41, 5.74) is 2.99. The van der Waals surface area contributed by atoms with Crippen LogP contribution in [-0.4, -0.2) is 34.3 Å². The van der Waals surface area contributed by atoms with Crippen molar-refractivity contribution in [3.8, 4) is 0 Å². The van der Waals surface area contributed by atoms with E-state index >= 15 is 0 Å². The Morgan fingerprint density at radius 3 is 2.84 bits per heavy atom. The number of aliphatic hydroxyl groups is 2. The van der Waals surface area contributed by atoms with Gasteiger partial charge in [-0.15, -0.1) is 0 Å². The highest BCUT2D eigenvalue weighted by Crippen LogP contribution is 2.65. The Balaban J connectivity index is 1.62. The molecule has 132 valence electrons. The number of allylic oxidation sites excluding steroid dienone is 1. The second kappa shape index (κ2) is 4.11. The molecule has 25 heavy (non-hydrogen) atoms. The number of ketones is 1. The van der Waals surface area contributed by atoms with Crippen molar-refractivity contribution in [3.05, 3.63) is 34.3 Å². The summed E-state index contributed by atoms with van der Waals surface area (Å²) in [5, 5.41) is 21.0. The number of epoxide rings is 1. The van der Waals surface area contributed by atoms with Gasteiger partial charge < -0.3 is 19.4 Å². The van der Waals surface area contributed by atoms with Gasteiger partial charge in [-0.25, -0.2) is 0 Å². The quantitative estimate of drug-likeness (QED) is 0.708. The first-order valence-electron chi connectivity index (χ1n) is 9.30. The topological polar surface area (TPSA) is 83.2 Å². The van der Waals surface area contributed by atoms with E-state index in [0.717, 1.165) is 42.4 Å². The van der Waals surface area contributed by atoms with Gasteiger partial charge in [-0.2, -0.15) is 0 Å². The highest BCUT2D eigenvalue weighted by atomic mass is 16.6.